The number of likely N-dealkylation sites (N-methyl/N-ethyl adjacent to an activating group) is 1. The van der Waals surface area contributed by atoms with Crippen LogP contribution < -0.4 is 5.32 Å². The highest BCUT2D eigenvalue weighted by Gasteiger charge is 2.19. The van der Waals surface area contributed by atoms with Crippen LogP contribution >= 0.6 is 11.6 Å². The van der Waals surface area contributed by atoms with Crippen LogP contribution in [0.3, 0.4) is 0 Å². The van der Waals surface area contributed by atoms with Crippen molar-refractivity contribution in [2.24, 2.45) is 0 Å². The first-order chi connectivity index (χ1) is 10.1. The molecule has 1 N–H and O–H groups in total. The molecular weight excluding hydrogens is 284 g/mol. The van der Waals surface area contributed by atoms with Gasteiger partial charge in [-0.15, -0.1) is 0 Å². The first-order valence-corrected chi connectivity index (χ1v) is 8.25. The van der Waals surface area contributed by atoms with E-state index in [9.17, 15) is 0 Å². The van der Waals surface area contributed by atoms with Gasteiger partial charge in [-0.25, -0.2) is 0 Å². The van der Waals surface area contributed by atoms with E-state index in [0.717, 1.165) is 24.7 Å². The zero-order valence-corrected chi connectivity index (χ0v) is 14.1. The van der Waals surface area contributed by atoms with E-state index >= 15 is 0 Å². The highest BCUT2D eigenvalue weighted by molar-refractivity contribution is 6.30. The summed E-state index contributed by atoms with van der Waals surface area (Å²) in [7, 11) is 2.17. The van der Waals surface area contributed by atoms with E-state index in [1.54, 1.807) is 0 Å². The van der Waals surface area contributed by atoms with Crippen molar-refractivity contribution in [3.8, 4) is 0 Å². The molecule has 1 aromatic carbocycles. The Morgan fingerprint density at radius 3 is 2.90 bits per heavy atom. The fourth-order valence-electron chi connectivity index (χ4n) is 2.79. The molecule has 0 aromatic heterocycles. The van der Waals surface area contributed by atoms with Gasteiger partial charge in [-0.2, -0.15) is 0 Å². The zero-order chi connectivity index (χ0) is 15.2. The Kier molecular flexibility index (Phi) is 6.49. The van der Waals surface area contributed by atoms with E-state index < -0.39 is 0 Å². The molecule has 0 spiro atoms. The van der Waals surface area contributed by atoms with Gasteiger partial charge in [0.15, 0.2) is 0 Å². The fourth-order valence-corrected chi connectivity index (χ4v) is 2.98. The molecule has 118 valence electrons. The minimum Gasteiger partial charge on any atom is -0.377 e. The predicted molar refractivity (Wildman–Crippen MR) is 88.9 cm³/mol. The maximum atomic E-state index is 6.08. The van der Waals surface area contributed by atoms with Crippen LogP contribution in [0, 0.1) is 0 Å². The second-order valence-electron chi connectivity index (χ2n) is 6.04. The zero-order valence-electron chi connectivity index (χ0n) is 13.3. The van der Waals surface area contributed by atoms with Crippen molar-refractivity contribution in [1.29, 1.82) is 0 Å². The summed E-state index contributed by atoms with van der Waals surface area (Å²) in [6.45, 7) is 7.34. The molecule has 0 radical (unpaired) electrons. The monoisotopic (exact) mass is 310 g/mol. The molecule has 1 aliphatic heterocycles. The van der Waals surface area contributed by atoms with Gasteiger partial charge in [-0.3, -0.25) is 4.90 Å². The van der Waals surface area contributed by atoms with E-state index in [-0.39, 0.29) is 0 Å². The number of rotatable bonds is 7. The molecule has 3 unspecified atom stereocenters. The van der Waals surface area contributed by atoms with Crippen LogP contribution in [0.15, 0.2) is 24.3 Å². The molecule has 2 rings (SSSR count). The molecular formula is C17H27ClN2O. The number of ether oxygens (including phenoxy) is 1. The predicted octanol–water partition coefficient (Wildman–Crippen LogP) is 3.49. The topological polar surface area (TPSA) is 24.5 Å². The second kappa shape index (κ2) is 8.14. The first-order valence-electron chi connectivity index (χ1n) is 7.87. The third-order valence-electron chi connectivity index (χ3n) is 4.47. The number of hydrogen-bond donors (Lipinski definition) is 1. The van der Waals surface area contributed by atoms with Gasteiger partial charge in [0.2, 0.25) is 0 Å². The quantitative estimate of drug-likeness (QED) is 0.834. The molecule has 0 amide bonds. The highest BCUT2D eigenvalue weighted by atomic mass is 35.5. The average molecular weight is 311 g/mol. The Morgan fingerprint density at radius 2 is 2.24 bits per heavy atom. The van der Waals surface area contributed by atoms with Crippen LogP contribution in [0.1, 0.15) is 38.3 Å². The molecule has 0 aliphatic carbocycles. The molecule has 0 bridgehead atoms. The van der Waals surface area contributed by atoms with Crippen LogP contribution in [0.2, 0.25) is 5.02 Å². The average Bonchev–Trinajstić information content (AvgIpc) is 2.99. The van der Waals surface area contributed by atoms with Crippen molar-refractivity contribution >= 4 is 11.6 Å². The van der Waals surface area contributed by atoms with Gasteiger partial charge < -0.3 is 10.1 Å². The SMILES string of the molecule is CC(CNCC1CCCO1)N(C)C(C)c1cccc(Cl)c1. The van der Waals surface area contributed by atoms with E-state index in [4.69, 9.17) is 16.3 Å². The van der Waals surface area contributed by atoms with Gasteiger partial charge in [0.1, 0.15) is 0 Å². The van der Waals surface area contributed by atoms with Gasteiger partial charge in [0.05, 0.1) is 6.10 Å². The molecule has 3 atom stereocenters. The molecule has 1 fully saturated rings. The number of halogens is 1. The maximum Gasteiger partial charge on any atom is 0.0700 e. The Morgan fingerprint density at radius 1 is 1.43 bits per heavy atom. The second-order valence-corrected chi connectivity index (χ2v) is 6.48. The molecule has 1 aromatic rings. The lowest BCUT2D eigenvalue weighted by molar-refractivity contribution is 0.106. The lowest BCUT2D eigenvalue weighted by Crippen LogP contribution is -2.41. The summed E-state index contributed by atoms with van der Waals surface area (Å²) in [6.07, 6.45) is 2.80. The summed E-state index contributed by atoms with van der Waals surface area (Å²) in [5.41, 5.74) is 1.26. The Bertz CT molecular complexity index is 435. The number of nitrogens with one attached hydrogen (secondary N) is 1. The van der Waals surface area contributed by atoms with E-state index in [1.165, 1.54) is 18.4 Å². The van der Waals surface area contributed by atoms with E-state index in [1.807, 2.05) is 12.1 Å². The summed E-state index contributed by atoms with van der Waals surface area (Å²) >= 11 is 6.08. The summed E-state index contributed by atoms with van der Waals surface area (Å²) in [5, 5.41) is 4.34. The third-order valence-corrected chi connectivity index (χ3v) is 4.71. The lowest BCUT2D eigenvalue weighted by Gasteiger charge is -2.31. The van der Waals surface area contributed by atoms with Crippen LogP contribution in [0.5, 0.6) is 0 Å². The fraction of sp³-hybridized carbons (Fsp3) is 0.647. The molecule has 21 heavy (non-hydrogen) atoms. The van der Waals surface area contributed by atoms with Crippen LogP contribution in [-0.4, -0.2) is 43.8 Å². The number of hydrogen-bond acceptors (Lipinski definition) is 3. The summed E-state index contributed by atoms with van der Waals surface area (Å²) in [6, 6.07) is 8.94. The molecule has 1 aliphatic rings. The highest BCUT2D eigenvalue weighted by Crippen LogP contribution is 2.23. The van der Waals surface area contributed by atoms with E-state index in [2.05, 4.69) is 43.2 Å². The van der Waals surface area contributed by atoms with Crippen molar-refractivity contribution in [3.63, 3.8) is 0 Å². The van der Waals surface area contributed by atoms with Gasteiger partial charge in [-0.1, -0.05) is 23.7 Å². The van der Waals surface area contributed by atoms with Crippen LogP contribution in [-0.2, 0) is 4.74 Å². The normalized spacial score (nSPS) is 21.7. The summed E-state index contributed by atoms with van der Waals surface area (Å²) < 4.78 is 5.63. The third kappa shape index (κ3) is 4.96. The molecule has 1 saturated heterocycles. The van der Waals surface area contributed by atoms with Gasteiger partial charge in [0, 0.05) is 36.8 Å². The Labute approximate surface area is 133 Å². The molecule has 1 heterocycles. The van der Waals surface area contributed by atoms with Gasteiger partial charge in [0.25, 0.3) is 0 Å². The lowest BCUT2D eigenvalue weighted by atomic mass is 10.1. The Hall–Kier alpha value is -0.610. The largest absolute Gasteiger partial charge is 0.377 e. The van der Waals surface area contributed by atoms with Crippen molar-refractivity contribution in [3.05, 3.63) is 34.9 Å². The molecule has 4 heteroatoms. The van der Waals surface area contributed by atoms with Crippen molar-refractivity contribution in [1.82, 2.24) is 10.2 Å². The Balaban J connectivity index is 1.79. The minimum atomic E-state index is 0.350. The summed E-state index contributed by atoms with van der Waals surface area (Å²) in [4.78, 5) is 2.38. The van der Waals surface area contributed by atoms with Gasteiger partial charge in [-0.05, 0) is 51.4 Å². The first kappa shape index (κ1) is 16.8. The molecule has 3 nitrogen and oxygen atoms in total. The van der Waals surface area contributed by atoms with E-state index in [0.29, 0.717) is 18.2 Å². The standard InChI is InChI=1S/C17H27ClN2O/c1-13(11-19-12-17-8-5-9-21-17)20(3)14(2)15-6-4-7-16(18)10-15/h4,6-7,10,13-14,17,19H,5,8-9,11-12H2,1-3H3. The van der Waals surface area contributed by atoms with Crippen molar-refractivity contribution in [2.75, 3.05) is 26.7 Å². The smallest absolute Gasteiger partial charge is 0.0700 e. The summed E-state index contributed by atoms with van der Waals surface area (Å²) in [5.74, 6) is 0. The number of nitrogens with zero attached hydrogens (tertiary/aromatic N) is 1. The van der Waals surface area contributed by atoms with Crippen LogP contribution in [0.4, 0.5) is 0 Å². The van der Waals surface area contributed by atoms with Crippen molar-refractivity contribution in [2.45, 2.75) is 44.9 Å². The number of benzene rings is 1. The van der Waals surface area contributed by atoms with Gasteiger partial charge >= 0.3 is 0 Å². The maximum absolute atomic E-state index is 6.08. The van der Waals surface area contributed by atoms with Crippen molar-refractivity contribution < 1.29 is 4.74 Å². The molecule has 0 saturated carbocycles. The van der Waals surface area contributed by atoms with Crippen LogP contribution in [0.25, 0.3) is 0 Å². The minimum absolute atomic E-state index is 0.350.